The number of hydrogen-bond acceptors (Lipinski definition) is 2. The third-order valence-electron chi connectivity index (χ3n) is 2.21. The van der Waals surface area contributed by atoms with Gasteiger partial charge in [-0.05, 0) is 24.6 Å². The van der Waals surface area contributed by atoms with Crippen LogP contribution in [-0.4, -0.2) is 15.6 Å². The van der Waals surface area contributed by atoms with Gasteiger partial charge in [-0.25, -0.2) is 4.68 Å². The highest BCUT2D eigenvalue weighted by Crippen LogP contribution is 2.13. The quantitative estimate of drug-likeness (QED) is 0.819. The molecule has 2 aromatic rings. The van der Waals surface area contributed by atoms with Gasteiger partial charge in [0.25, 0.3) is 0 Å². The second kappa shape index (κ2) is 4.49. The summed E-state index contributed by atoms with van der Waals surface area (Å²) in [5.41, 5.74) is 1.94. The number of hydrogen-bond donors (Lipinski definition) is 0. The van der Waals surface area contributed by atoms with Crippen molar-refractivity contribution in [3.63, 3.8) is 0 Å². The molecular formula is C12H11ClN2O. The van der Waals surface area contributed by atoms with E-state index < -0.39 is 0 Å². The molecule has 0 fully saturated rings. The lowest BCUT2D eigenvalue weighted by Crippen LogP contribution is -1.98. The third kappa shape index (κ3) is 2.49. The number of nitrogens with zero attached hydrogens (tertiary/aromatic N) is 2. The largest absolute Gasteiger partial charge is 0.300 e. The van der Waals surface area contributed by atoms with E-state index in [-0.39, 0.29) is 5.78 Å². The maximum absolute atomic E-state index is 10.9. The molecule has 0 bridgehead atoms. The number of ketones is 1. The minimum atomic E-state index is 0.162. The Balaban J connectivity index is 2.22. The van der Waals surface area contributed by atoms with Crippen molar-refractivity contribution in [2.45, 2.75) is 13.3 Å². The van der Waals surface area contributed by atoms with Crippen LogP contribution < -0.4 is 0 Å². The zero-order valence-electron chi connectivity index (χ0n) is 8.85. The standard InChI is InChI=1S/C12H11ClN2O/c1-9(16)6-10-2-4-12(5-3-10)15-8-11(13)7-14-15/h2-5,7-8H,6H2,1H3. The van der Waals surface area contributed by atoms with Crippen LogP contribution in [0.5, 0.6) is 0 Å². The molecule has 16 heavy (non-hydrogen) atoms. The van der Waals surface area contributed by atoms with Gasteiger partial charge in [-0.3, -0.25) is 4.79 Å². The van der Waals surface area contributed by atoms with E-state index >= 15 is 0 Å². The molecule has 1 aromatic heterocycles. The number of halogens is 1. The Morgan fingerprint density at radius 3 is 2.56 bits per heavy atom. The summed E-state index contributed by atoms with van der Waals surface area (Å²) in [4.78, 5) is 10.9. The molecule has 0 aliphatic rings. The lowest BCUT2D eigenvalue weighted by Gasteiger charge is -2.02. The summed E-state index contributed by atoms with van der Waals surface area (Å²) < 4.78 is 1.69. The lowest BCUT2D eigenvalue weighted by atomic mass is 10.1. The van der Waals surface area contributed by atoms with Gasteiger partial charge in [0.05, 0.1) is 16.9 Å². The number of carbonyl (C=O) groups is 1. The van der Waals surface area contributed by atoms with Gasteiger partial charge in [0.2, 0.25) is 0 Å². The molecule has 4 heteroatoms. The number of rotatable bonds is 3. The fourth-order valence-corrected chi connectivity index (χ4v) is 1.63. The molecule has 3 nitrogen and oxygen atoms in total. The Bertz CT molecular complexity index is 502. The molecule has 0 aliphatic heterocycles. The van der Waals surface area contributed by atoms with Crippen molar-refractivity contribution in [2.75, 3.05) is 0 Å². The predicted octanol–water partition coefficient (Wildman–Crippen LogP) is 2.66. The first-order valence-corrected chi connectivity index (χ1v) is 5.32. The third-order valence-corrected chi connectivity index (χ3v) is 2.40. The molecule has 0 saturated heterocycles. The summed E-state index contributed by atoms with van der Waals surface area (Å²) in [5, 5.41) is 4.70. The van der Waals surface area contributed by atoms with E-state index in [0.29, 0.717) is 11.4 Å². The van der Waals surface area contributed by atoms with Crippen LogP contribution in [0.2, 0.25) is 5.02 Å². The van der Waals surface area contributed by atoms with E-state index in [1.807, 2.05) is 24.3 Å². The summed E-state index contributed by atoms with van der Waals surface area (Å²) in [7, 11) is 0. The first kappa shape index (κ1) is 10.9. The van der Waals surface area contributed by atoms with E-state index in [1.54, 1.807) is 24.0 Å². The molecule has 0 unspecified atom stereocenters. The molecule has 2 rings (SSSR count). The normalized spacial score (nSPS) is 10.4. The van der Waals surface area contributed by atoms with Crippen LogP contribution in [0.4, 0.5) is 0 Å². The van der Waals surface area contributed by atoms with Crippen LogP contribution in [-0.2, 0) is 11.2 Å². The second-order valence-corrected chi connectivity index (χ2v) is 4.08. The van der Waals surface area contributed by atoms with Gasteiger partial charge in [-0.1, -0.05) is 23.7 Å². The van der Waals surface area contributed by atoms with Crippen LogP contribution in [0.15, 0.2) is 36.7 Å². The highest BCUT2D eigenvalue weighted by molar-refractivity contribution is 6.30. The van der Waals surface area contributed by atoms with Crippen LogP contribution >= 0.6 is 11.6 Å². The molecule has 0 aliphatic carbocycles. The highest BCUT2D eigenvalue weighted by atomic mass is 35.5. The highest BCUT2D eigenvalue weighted by Gasteiger charge is 2.01. The summed E-state index contributed by atoms with van der Waals surface area (Å²) in [6.45, 7) is 1.58. The average molecular weight is 235 g/mol. The van der Waals surface area contributed by atoms with Gasteiger partial charge in [0.1, 0.15) is 5.78 Å². The van der Waals surface area contributed by atoms with Crippen molar-refractivity contribution in [3.8, 4) is 5.69 Å². The summed E-state index contributed by atoms with van der Waals surface area (Å²) in [5.74, 6) is 0.162. The molecule has 1 heterocycles. The summed E-state index contributed by atoms with van der Waals surface area (Å²) in [6, 6.07) is 7.68. The average Bonchev–Trinajstić information content (AvgIpc) is 2.65. The van der Waals surface area contributed by atoms with E-state index in [2.05, 4.69) is 5.10 Å². The number of carbonyl (C=O) groups excluding carboxylic acids is 1. The van der Waals surface area contributed by atoms with Gasteiger partial charge in [-0.2, -0.15) is 5.10 Å². The van der Waals surface area contributed by atoms with E-state index in [9.17, 15) is 4.79 Å². The molecule has 0 atom stereocenters. The molecule has 0 saturated carbocycles. The van der Waals surface area contributed by atoms with Crippen LogP contribution in [0.1, 0.15) is 12.5 Å². The topological polar surface area (TPSA) is 34.9 Å². The lowest BCUT2D eigenvalue weighted by molar-refractivity contribution is -0.116. The van der Waals surface area contributed by atoms with Gasteiger partial charge in [0.15, 0.2) is 0 Å². The first-order valence-electron chi connectivity index (χ1n) is 4.94. The monoisotopic (exact) mass is 234 g/mol. The Morgan fingerprint density at radius 2 is 2.06 bits per heavy atom. The predicted molar refractivity (Wildman–Crippen MR) is 63.0 cm³/mol. The van der Waals surface area contributed by atoms with Crippen molar-refractivity contribution >= 4 is 17.4 Å². The van der Waals surface area contributed by atoms with Gasteiger partial charge >= 0.3 is 0 Å². The summed E-state index contributed by atoms with van der Waals surface area (Å²) >= 11 is 5.78. The van der Waals surface area contributed by atoms with Crippen molar-refractivity contribution in [2.24, 2.45) is 0 Å². The molecular weight excluding hydrogens is 224 g/mol. The Hall–Kier alpha value is -1.61. The second-order valence-electron chi connectivity index (χ2n) is 3.65. The van der Waals surface area contributed by atoms with E-state index in [0.717, 1.165) is 11.3 Å². The maximum atomic E-state index is 10.9. The molecule has 0 amide bonds. The van der Waals surface area contributed by atoms with Crippen molar-refractivity contribution in [1.82, 2.24) is 9.78 Å². The smallest absolute Gasteiger partial charge is 0.134 e. The van der Waals surface area contributed by atoms with Crippen LogP contribution in [0, 0.1) is 0 Å². The van der Waals surface area contributed by atoms with Crippen LogP contribution in [0.25, 0.3) is 5.69 Å². The molecule has 0 N–H and O–H groups in total. The molecule has 0 spiro atoms. The van der Waals surface area contributed by atoms with Gasteiger partial charge in [0, 0.05) is 12.6 Å². The first-order chi connectivity index (χ1) is 7.65. The van der Waals surface area contributed by atoms with Crippen LogP contribution in [0.3, 0.4) is 0 Å². The summed E-state index contributed by atoms with van der Waals surface area (Å²) in [6.07, 6.45) is 3.80. The van der Waals surface area contributed by atoms with E-state index in [1.165, 1.54) is 0 Å². The number of aromatic nitrogens is 2. The Morgan fingerprint density at radius 1 is 1.38 bits per heavy atom. The number of benzene rings is 1. The number of Topliss-reactive ketones (excluding diaryl/α,β-unsaturated/α-hetero) is 1. The van der Waals surface area contributed by atoms with Gasteiger partial charge in [-0.15, -0.1) is 0 Å². The fraction of sp³-hybridized carbons (Fsp3) is 0.167. The van der Waals surface area contributed by atoms with Gasteiger partial charge < -0.3 is 0 Å². The van der Waals surface area contributed by atoms with E-state index in [4.69, 9.17) is 11.6 Å². The fourth-order valence-electron chi connectivity index (χ4n) is 1.50. The minimum absolute atomic E-state index is 0.162. The van der Waals surface area contributed by atoms with Crippen molar-refractivity contribution < 1.29 is 4.79 Å². The van der Waals surface area contributed by atoms with Crippen molar-refractivity contribution in [1.29, 1.82) is 0 Å². The SMILES string of the molecule is CC(=O)Cc1ccc(-n2cc(Cl)cn2)cc1. The maximum Gasteiger partial charge on any atom is 0.134 e. The Kier molecular flexibility index (Phi) is 3.06. The molecule has 82 valence electrons. The zero-order valence-corrected chi connectivity index (χ0v) is 9.61. The van der Waals surface area contributed by atoms with Crippen molar-refractivity contribution in [3.05, 3.63) is 47.2 Å². The zero-order chi connectivity index (χ0) is 11.5. The molecule has 0 radical (unpaired) electrons. The molecule has 1 aromatic carbocycles. The minimum Gasteiger partial charge on any atom is -0.300 e. The Labute approximate surface area is 98.7 Å².